The van der Waals surface area contributed by atoms with Crippen LogP contribution in [-0.2, 0) is 13.2 Å². The van der Waals surface area contributed by atoms with Gasteiger partial charge in [0.25, 0.3) is 0 Å². The first-order chi connectivity index (χ1) is 10.1. The van der Waals surface area contributed by atoms with Gasteiger partial charge in [-0.2, -0.15) is 0 Å². The normalized spacial score (nSPS) is 10.4. The molecule has 2 aromatic rings. The lowest BCUT2D eigenvalue weighted by molar-refractivity contribution is 0.0697. The Kier molecular flexibility index (Phi) is 5.36. The van der Waals surface area contributed by atoms with Crippen molar-refractivity contribution in [3.63, 3.8) is 0 Å². The minimum atomic E-state index is -0.924. The lowest BCUT2D eigenvalue weighted by Crippen LogP contribution is -2.07. The van der Waals surface area contributed by atoms with Crippen LogP contribution in [-0.4, -0.2) is 18.1 Å². The van der Waals surface area contributed by atoms with Crippen LogP contribution in [0.4, 0.5) is 0 Å². The van der Waals surface area contributed by atoms with E-state index in [0.717, 1.165) is 21.3 Å². The summed E-state index contributed by atoms with van der Waals surface area (Å²) in [5, 5.41) is 12.0. The van der Waals surface area contributed by atoms with Crippen molar-refractivity contribution in [2.45, 2.75) is 13.2 Å². The van der Waals surface area contributed by atoms with Gasteiger partial charge in [0, 0.05) is 16.6 Å². The van der Waals surface area contributed by atoms with E-state index in [0.29, 0.717) is 13.2 Å². The monoisotopic (exact) mass is 349 g/mol. The number of carboxylic acid groups (broad SMARTS) is 1. The summed E-state index contributed by atoms with van der Waals surface area (Å²) >= 11 is 3.44. The highest BCUT2D eigenvalue weighted by Crippen LogP contribution is 2.24. The Morgan fingerprint density at radius 1 is 1.24 bits per heavy atom. The highest BCUT2D eigenvalue weighted by molar-refractivity contribution is 9.10. The maximum absolute atomic E-state index is 10.8. The standard InChI is InChI=1S/C16H16BrNO3/c1-18-9-13-8-14(17)6-7-15(13)21-10-11-2-4-12(5-3-11)16(19)20/h2-8,18H,9-10H2,1H3,(H,19,20). The van der Waals surface area contributed by atoms with Gasteiger partial charge in [-0.05, 0) is 42.9 Å². The maximum atomic E-state index is 10.8. The lowest BCUT2D eigenvalue weighted by atomic mass is 10.1. The summed E-state index contributed by atoms with van der Waals surface area (Å²) in [5.74, 6) is -0.110. The molecule has 0 fully saturated rings. The Morgan fingerprint density at radius 3 is 2.57 bits per heavy atom. The second-order valence-electron chi connectivity index (χ2n) is 4.57. The van der Waals surface area contributed by atoms with Crippen LogP contribution in [0, 0.1) is 0 Å². The molecule has 110 valence electrons. The second kappa shape index (κ2) is 7.24. The topological polar surface area (TPSA) is 58.6 Å². The molecule has 0 aliphatic heterocycles. The number of ether oxygens (including phenoxy) is 1. The zero-order valence-electron chi connectivity index (χ0n) is 11.6. The molecular weight excluding hydrogens is 334 g/mol. The van der Waals surface area contributed by atoms with Gasteiger partial charge >= 0.3 is 5.97 Å². The van der Waals surface area contributed by atoms with Gasteiger partial charge in [-0.3, -0.25) is 0 Å². The summed E-state index contributed by atoms with van der Waals surface area (Å²) < 4.78 is 6.83. The first-order valence-electron chi connectivity index (χ1n) is 6.48. The number of hydrogen-bond donors (Lipinski definition) is 2. The summed E-state index contributed by atoms with van der Waals surface area (Å²) in [6.45, 7) is 1.12. The maximum Gasteiger partial charge on any atom is 0.335 e. The Labute approximate surface area is 131 Å². The first kappa shape index (κ1) is 15.5. The van der Waals surface area contributed by atoms with Gasteiger partial charge in [0.2, 0.25) is 0 Å². The van der Waals surface area contributed by atoms with E-state index < -0.39 is 5.97 Å². The molecule has 0 aromatic heterocycles. The number of carboxylic acids is 1. The molecule has 2 aromatic carbocycles. The van der Waals surface area contributed by atoms with Crippen LogP contribution in [0.1, 0.15) is 21.5 Å². The molecule has 0 heterocycles. The highest BCUT2D eigenvalue weighted by Gasteiger charge is 2.06. The molecule has 4 nitrogen and oxygen atoms in total. The van der Waals surface area contributed by atoms with Gasteiger partial charge in [-0.15, -0.1) is 0 Å². The number of nitrogens with one attached hydrogen (secondary N) is 1. The van der Waals surface area contributed by atoms with E-state index in [4.69, 9.17) is 9.84 Å². The summed E-state index contributed by atoms with van der Waals surface area (Å²) in [6, 6.07) is 12.6. The van der Waals surface area contributed by atoms with Crippen LogP contribution < -0.4 is 10.1 Å². The summed E-state index contributed by atoms with van der Waals surface area (Å²) in [7, 11) is 1.88. The molecule has 0 aliphatic carbocycles. The van der Waals surface area contributed by atoms with Gasteiger partial charge < -0.3 is 15.2 Å². The van der Waals surface area contributed by atoms with Crippen molar-refractivity contribution >= 4 is 21.9 Å². The predicted octanol–water partition coefficient (Wildman–Crippen LogP) is 3.45. The first-order valence-corrected chi connectivity index (χ1v) is 7.27. The number of carbonyl (C=O) groups is 1. The van der Waals surface area contributed by atoms with Gasteiger partial charge in [0.15, 0.2) is 0 Å². The Balaban J connectivity index is 2.07. The average molecular weight is 350 g/mol. The molecule has 0 spiro atoms. The van der Waals surface area contributed by atoms with E-state index in [1.807, 2.05) is 25.2 Å². The fourth-order valence-electron chi connectivity index (χ4n) is 1.92. The Hall–Kier alpha value is -1.85. The van der Waals surface area contributed by atoms with Gasteiger partial charge in [-0.25, -0.2) is 4.79 Å². The van der Waals surface area contributed by atoms with E-state index in [2.05, 4.69) is 21.2 Å². The molecule has 0 amide bonds. The van der Waals surface area contributed by atoms with E-state index >= 15 is 0 Å². The number of hydrogen-bond acceptors (Lipinski definition) is 3. The van der Waals surface area contributed by atoms with Crippen molar-refractivity contribution in [2.75, 3.05) is 7.05 Å². The molecule has 0 aliphatic rings. The fraction of sp³-hybridized carbons (Fsp3) is 0.188. The van der Waals surface area contributed by atoms with E-state index in [1.165, 1.54) is 0 Å². The third-order valence-corrected chi connectivity index (χ3v) is 3.48. The fourth-order valence-corrected chi connectivity index (χ4v) is 2.33. The molecule has 0 saturated carbocycles. The molecule has 0 radical (unpaired) electrons. The molecule has 21 heavy (non-hydrogen) atoms. The molecular formula is C16H16BrNO3. The van der Waals surface area contributed by atoms with Crippen molar-refractivity contribution in [2.24, 2.45) is 0 Å². The number of aromatic carboxylic acids is 1. The van der Waals surface area contributed by atoms with Crippen LogP contribution >= 0.6 is 15.9 Å². The summed E-state index contributed by atoms with van der Waals surface area (Å²) in [4.78, 5) is 10.8. The third-order valence-electron chi connectivity index (χ3n) is 2.98. The molecule has 2 rings (SSSR count). The molecule has 2 N–H and O–H groups in total. The quantitative estimate of drug-likeness (QED) is 0.838. The predicted molar refractivity (Wildman–Crippen MR) is 84.6 cm³/mol. The van der Waals surface area contributed by atoms with E-state index in [9.17, 15) is 4.79 Å². The van der Waals surface area contributed by atoms with Crippen LogP contribution in [0.25, 0.3) is 0 Å². The van der Waals surface area contributed by atoms with Crippen molar-refractivity contribution < 1.29 is 14.6 Å². The van der Waals surface area contributed by atoms with Crippen LogP contribution in [0.15, 0.2) is 46.9 Å². The van der Waals surface area contributed by atoms with E-state index in [-0.39, 0.29) is 5.56 Å². The molecule has 5 heteroatoms. The highest BCUT2D eigenvalue weighted by atomic mass is 79.9. The minimum Gasteiger partial charge on any atom is -0.489 e. The Bertz CT molecular complexity index is 626. The number of rotatable bonds is 6. The van der Waals surface area contributed by atoms with Crippen LogP contribution in [0.3, 0.4) is 0 Å². The van der Waals surface area contributed by atoms with Gasteiger partial charge in [0.05, 0.1) is 5.56 Å². The average Bonchev–Trinajstić information content (AvgIpc) is 2.47. The zero-order valence-corrected chi connectivity index (χ0v) is 13.2. The molecule has 0 unspecified atom stereocenters. The van der Waals surface area contributed by atoms with Crippen LogP contribution in [0.2, 0.25) is 0 Å². The van der Waals surface area contributed by atoms with Crippen molar-refractivity contribution in [1.82, 2.24) is 5.32 Å². The van der Waals surface area contributed by atoms with Crippen LogP contribution in [0.5, 0.6) is 5.75 Å². The van der Waals surface area contributed by atoms with Crippen molar-refractivity contribution in [3.8, 4) is 5.75 Å². The third kappa shape index (κ3) is 4.31. The number of benzene rings is 2. The molecule has 0 saturated heterocycles. The second-order valence-corrected chi connectivity index (χ2v) is 5.49. The number of halogens is 1. The van der Waals surface area contributed by atoms with Crippen molar-refractivity contribution in [3.05, 3.63) is 63.6 Å². The van der Waals surface area contributed by atoms with E-state index in [1.54, 1.807) is 24.3 Å². The molecule has 0 bridgehead atoms. The molecule has 0 atom stereocenters. The van der Waals surface area contributed by atoms with Gasteiger partial charge in [0.1, 0.15) is 12.4 Å². The summed E-state index contributed by atoms with van der Waals surface area (Å²) in [6.07, 6.45) is 0. The largest absolute Gasteiger partial charge is 0.489 e. The summed E-state index contributed by atoms with van der Waals surface area (Å²) in [5.41, 5.74) is 2.27. The van der Waals surface area contributed by atoms with Gasteiger partial charge in [-0.1, -0.05) is 28.1 Å². The Morgan fingerprint density at radius 2 is 1.95 bits per heavy atom. The lowest BCUT2D eigenvalue weighted by Gasteiger charge is -2.12. The zero-order chi connectivity index (χ0) is 15.2. The smallest absolute Gasteiger partial charge is 0.335 e. The SMILES string of the molecule is CNCc1cc(Br)ccc1OCc1ccc(C(=O)O)cc1. The van der Waals surface area contributed by atoms with Crippen molar-refractivity contribution in [1.29, 1.82) is 0 Å². The minimum absolute atomic E-state index is 0.276.